The summed E-state index contributed by atoms with van der Waals surface area (Å²) >= 11 is 1.51. The topological polar surface area (TPSA) is 54.3 Å². The molecule has 0 saturated heterocycles. The van der Waals surface area contributed by atoms with Crippen LogP contribution in [0.3, 0.4) is 0 Å². The van der Waals surface area contributed by atoms with Crippen molar-refractivity contribution in [1.29, 1.82) is 0 Å². The van der Waals surface area contributed by atoms with Crippen LogP contribution in [0.4, 0.5) is 0 Å². The number of amides is 2. The second-order valence-electron chi connectivity index (χ2n) is 7.08. The molecule has 6 heteroatoms. The molecule has 0 aliphatic rings. The molecule has 2 amide bonds. The number of hydrogen-bond acceptors (Lipinski definition) is 3. The maximum absolute atomic E-state index is 12.6. The summed E-state index contributed by atoms with van der Waals surface area (Å²) in [6, 6.07) is 18.2. The van der Waals surface area contributed by atoms with E-state index in [1.165, 1.54) is 17.3 Å². The highest BCUT2D eigenvalue weighted by molar-refractivity contribution is 8.00. The van der Waals surface area contributed by atoms with Gasteiger partial charge in [0.25, 0.3) is 0 Å². The van der Waals surface area contributed by atoms with Gasteiger partial charge in [0.05, 0.1) is 5.75 Å². The van der Waals surface area contributed by atoms with Gasteiger partial charge in [-0.15, -0.1) is 11.8 Å². The summed E-state index contributed by atoms with van der Waals surface area (Å²) in [5.74, 6) is 0.482. The highest BCUT2D eigenvalue weighted by atomic mass is 32.2. The predicted octanol–water partition coefficient (Wildman–Crippen LogP) is 3.96. The number of carbonyl (C=O) groups excluding carboxylic acids is 2. The van der Waals surface area contributed by atoms with Gasteiger partial charge in [0.1, 0.15) is 6.54 Å². The molecule has 0 unspecified atom stereocenters. The van der Waals surface area contributed by atoms with Gasteiger partial charge in [0.15, 0.2) is 0 Å². The summed E-state index contributed by atoms with van der Waals surface area (Å²) < 4.78 is 1.99. The third kappa shape index (κ3) is 5.66. The molecule has 1 N–H and O–H groups in total. The monoisotopic (exact) mass is 423 g/mol. The van der Waals surface area contributed by atoms with Gasteiger partial charge in [-0.25, -0.2) is 0 Å². The van der Waals surface area contributed by atoms with Crippen molar-refractivity contribution >= 4 is 34.5 Å². The summed E-state index contributed by atoms with van der Waals surface area (Å²) in [5.41, 5.74) is 2.23. The largest absolute Gasteiger partial charge is 0.355 e. The molecule has 0 spiro atoms. The van der Waals surface area contributed by atoms with Gasteiger partial charge in [-0.3, -0.25) is 9.59 Å². The van der Waals surface area contributed by atoms with E-state index >= 15 is 0 Å². The molecule has 158 valence electrons. The first-order valence-electron chi connectivity index (χ1n) is 10.4. The van der Waals surface area contributed by atoms with Crippen LogP contribution in [0.5, 0.6) is 0 Å². The van der Waals surface area contributed by atoms with Crippen molar-refractivity contribution in [3.63, 3.8) is 0 Å². The molecular formula is C24H29N3O2S. The molecule has 3 aromatic rings. The number of fused-ring (bicyclic) bond motifs is 1. The summed E-state index contributed by atoms with van der Waals surface area (Å²) in [5, 5.41) is 4.07. The van der Waals surface area contributed by atoms with Crippen molar-refractivity contribution < 1.29 is 9.59 Å². The number of para-hydroxylation sites is 1. The normalized spacial score (nSPS) is 10.9. The highest BCUT2D eigenvalue weighted by Crippen LogP contribution is 2.30. The SMILES string of the molecule is CCN(CC)C(=O)Cn1cc(SCC(=O)NCCc2ccccc2)c2ccccc21. The van der Waals surface area contributed by atoms with Crippen LogP contribution in [0, 0.1) is 0 Å². The molecule has 5 nitrogen and oxygen atoms in total. The number of nitrogens with zero attached hydrogens (tertiary/aromatic N) is 2. The molecule has 0 radical (unpaired) electrons. The van der Waals surface area contributed by atoms with Gasteiger partial charge in [-0.2, -0.15) is 0 Å². The Balaban J connectivity index is 1.60. The van der Waals surface area contributed by atoms with Crippen molar-refractivity contribution in [2.24, 2.45) is 0 Å². The van der Waals surface area contributed by atoms with Gasteiger partial charge in [-0.1, -0.05) is 48.5 Å². The Morgan fingerprint density at radius 1 is 1.00 bits per heavy atom. The van der Waals surface area contributed by atoms with Gasteiger partial charge >= 0.3 is 0 Å². The fourth-order valence-corrected chi connectivity index (χ4v) is 4.38. The molecule has 2 aromatic carbocycles. The molecule has 0 aliphatic carbocycles. The molecule has 0 fully saturated rings. The molecular weight excluding hydrogens is 394 g/mol. The zero-order valence-corrected chi connectivity index (χ0v) is 18.5. The highest BCUT2D eigenvalue weighted by Gasteiger charge is 2.15. The molecule has 1 heterocycles. The Hall–Kier alpha value is -2.73. The number of rotatable bonds is 10. The summed E-state index contributed by atoms with van der Waals surface area (Å²) in [4.78, 5) is 27.7. The Morgan fingerprint density at radius 2 is 1.70 bits per heavy atom. The van der Waals surface area contributed by atoms with Crippen LogP contribution in [0.2, 0.25) is 0 Å². The van der Waals surface area contributed by atoms with E-state index in [1.54, 1.807) is 0 Å². The Kier molecular flexibility index (Phi) is 7.97. The number of nitrogens with one attached hydrogen (secondary N) is 1. The molecule has 0 saturated carbocycles. The third-order valence-electron chi connectivity index (χ3n) is 5.11. The van der Waals surface area contributed by atoms with Crippen LogP contribution >= 0.6 is 11.8 Å². The summed E-state index contributed by atoms with van der Waals surface area (Å²) in [6.07, 6.45) is 2.82. The molecule has 3 rings (SSSR count). The van der Waals surface area contributed by atoms with Gasteiger partial charge < -0.3 is 14.8 Å². The van der Waals surface area contributed by atoms with Crippen LogP contribution in [0.25, 0.3) is 10.9 Å². The van der Waals surface area contributed by atoms with E-state index in [-0.39, 0.29) is 11.8 Å². The van der Waals surface area contributed by atoms with E-state index in [9.17, 15) is 9.59 Å². The number of carbonyl (C=O) groups is 2. The number of hydrogen-bond donors (Lipinski definition) is 1. The first-order valence-corrected chi connectivity index (χ1v) is 11.4. The molecule has 0 aliphatic heterocycles. The fraction of sp³-hybridized carbons (Fsp3) is 0.333. The minimum atomic E-state index is 0.0204. The van der Waals surface area contributed by atoms with Gasteiger partial charge in [0.2, 0.25) is 11.8 Å². The zero-order valence-electron chi connectivity index (χ0n) is 17.6. The van der Waals surface area contributed by atoms with Crippen molar-refractivity contribution in [3.8, 4) is 0 Å². The lowest BCUT2D eigenvalue weighted by molar-refractivity contribution is -0.131. The molecule has 30 heavy (non-hydrogen) atoms. The predicted molar refractivity (Wildman–Crippen MR) is 124 cm³/mol. The minimum Gasteiger partial charge on any atom is -0.355 e. The van der Waals surface area contributed by atoms with E-state index in [0.717, 1.165) is 22.2 Å². The third-order valence-corrected chi connectivity index (χ3v) is 6.15. The smallest absolute Gasteiger partial charge is 0.242 e. The maximum atomic E-state index is 12.6. The van der Waals surface area contributed by atoms with E-state index in [4.69, 9.17) is 0 Å². The Labute approximate surface area is 182 Å². The fourth-order valence-electron chi connectivity index (χ4n) is 3.47. The first-order chi connectivity index (χ1) is 14.6. The van der Waals surface area contributed by atoms with E-state index in [1.807, 2.05) is 72.0 Å². The zero-order chi connectivity index (χ0) is 21.3. The average molecular weight is 424 g/mol. The van der Waals surface area contributed by atoms with E-state index in [2.05, 4.69) is 17.4 Å². The standard InChI is InChI=1S/C24H29N3O2S/c1-3-26(4-2)24(29)17-27-16-22(20-12-8-9-13-21(20)27)30-18-23(28)25-15-14-19-10-6-5-7-11-19/h5-13,16H,3-4,14-15,17-18H2,1-2H3,(H,25,28). The Morgan fingerprint density at radius 3 is 2.43 bits per heavy atom. The molecule has 1 aromatic heterocycles. The number of likely N-dealkylation sites (N-methyl/N-ethyl adjacent to an activating group) is 1. The van der Waals surface area contributed by atoms with Crippen molar-refractivity contribution in [1.82, 2.24) is 14.8 Å². The van der Waals surface area contributed by atoms with Gasteiger partial charge in [0, 0.05) is 41.6 Å². The summed E-state index contributed by atoms with van der Waals surface area (Å²) in [7, 11) is 0. The number of thioether (sulfide) groups is 1. The number of benzene rings is 2. The van der Waals surface area contributed by atoms with E-state index in [0.29, 0.717) is 31.9 Å². The average Bonchev–Trinajstić information content (AvgIpc) is 3.11. The maximum Gasteiger partial charge on any atom is 0.242 e. The van der Waals surface area contributed by atoms with Crippen molar-refractivity contribution in [2.75, 3.05) is 25.4 Å². The van der Waals surface area contributed by atoms with Crippen LogP contribution in [-0.4, -0.2) is 46.7 Å². The minimum absolute atomic E-state index is 0.0204. The van der Waals surface area contributed by atoms with Crippen LogP contribution in [0.15, 0.2) is 65.7 Å². The molecule has 0 bridgehead atoms. The first kappa shape index (κ1) is 22.0. The second kappa shape index (κ2) is 10.9. The lowest BCUT2D eigenvalue weighted by atomic mass is 10.1. The van der Waals surface area contributed by atoms with Crippen LogP contribution < -0.4 is 5.32 Å². The van der Waals surface area contributed by atoms with Crippen molar-refractivity contribution in [3.05, 3.63) is 66.4 Å². The molecule has 0 atom stereocenters. The number of aromatic nitrogens is 1. The Bertz CT molecular complexity index is 981. The quantitative estimate of drug-likeness (QED) is 0.502. The van der Waals surface area contributed by atoms with Crippen molar-refractivity contribution in [2.45, 2.75) is 31.7 Å². The van der Waals surface area contributed by atoms with E-state index < -0.39 is 0 Å². The lowest BCUT2D eigenvalue weighted by Crippen LogP contribution is -2.33. The van der Waals surface area contributed by atoms with Crippen LogP contribution in [-0.2, 0) is 22.6 Å². The second-order valence-corrected chi connectivity index (χ2v) is 8.10. The lowest BCUT2D eigenvalue weighted by Gasteiger charge is -2.19. The van der Waals surface area contributed by atoms with Crippen LogP contribution in [0.1, 0.15) is 19.4 Å². The summed E-state index contributed by atoms with van der Waals surface area (Å²) in [6.45, 7) is 6.34. The van der Waals surface area contributed by atoms with Gasteiger partial charge in [-0.05, 0) is 31.9 Å².